The normalized spacial score (nSPS) is 19.5. The second-order valence-corrected chi connectivity index (χ2v) is 9.12. The molecule has 178 valence electrons. The molecule has 2 aromatic carbocycles. The van der Waals surface area contributed by atoms with Crippen molar-refractivity contribution in [3.63, 3.8) is 0 Å². The van der Waals surface area contributed by atoms with Gasteiger partial charge in [0.15, 0.2) is 0 Å². The Kier molecular flexibility index (Phi) is 6.31. The van der Waals surface area contributed by atoms with Gasteiger partial charge in [0, 0.05) is 30.8 Å². The molecular weight excluding hydrogens is 442 g/mol. The summed E-state index contributed by atoms with van der Waals surface area (Å²) in [6.07, 6.45) is 1.61. The summed E-state index contributed by atoms with van der Waals surface area (Å²) < 4.78 is 5.63. The molecule has 5 rings (SSSR count). The second-order valence-electron chi connectivity index (χ2n) is 9.12. The Hall–Kier alpha value is -4.00. The van der Waals surface area contributed by atoms with E-state index in [9.17, 15) is 14.4 Å². The number of hydrogen-bond acceptors (Lipinski definition) is 5. The summed E-state index contributed by atoms with van der Waals surface area (Å²) >= 11 is 0. The van der Waals surface area contributed by atoms with Gasteiger partial charge in [0.25, 0.3) is 5.91 Å². The Morgan fingerprint density at radius 1 is 1.06 bits per heavy atom. The summed E-state index contributed by atoms with van der Waals surface area (Å²) in [5.74, 6) is -0.412. The molecule has 7 nitrogen and oxygen atoms in total. The third-order valence-corrected chi connectivity index (χ3v) is 6.62. The fraction of sp³-hybridized carbons (Fsp3) is 0.286. The van der Waals surface area contributed by atoms with Crippen molar-refractivity contribution in [2.45, 2.75) is 32.3 Å². The number of cyclic esters (lactones) is 1. The molecule has 35 heavy (non-hydrogen) atoms. The first-order chi connectivity index (χ1) is 17.0. The SMILES string of the molecule is Cc1cccc(NC(=O)C2CCCN(C(=O)c3ccc4c(c3)CC(c3ccccc3)OC4=O)C2)n1. The van der Waals surface area contributed by atoms with Gasteiger partial charge in [0.1, 0.15) is 11.9 Å². The number of likely N-dealkylation sites (tertiary alicyclic amines) is 1. The molecule has 2 unspecified atom stereocenters. The molecular formula is C28H27N3O4. The molecule has 2 atom stereocenters. The van der Waals surface area contributed by atoms with Gasteiger partial charge in [0.05, 0.1) is 11.5 Å². The molecule has 0 bridgehead atoms. The summed E-state index contributed by atoms with van der Waals surface area (Å²) in [6, 6.07) is 20.2. The quantitative estimate of drug-likeness (QED) is 0.575. The Morgan fingerprint density at radius 2 is 1.89 bits per heavy atom. The molecule has 2 amide bonds. The lowest BCUT2D eigenvalue weighted by molar-refractivity contribution is -0.121. The van der Waals surface area contributed by atoms with Crippen molar-refractivity contribution in [1.82, 2.24) is 9.88 Å². The molecule has 0 saturated carbocycles. The van der Waals surface area contributed by atoms with Crippen molar-refractivity contribution in [3.8, 4) is 0 Å². The number of nitrogens with one attached hydrogen (secondary N) is 1. The predicted molar refractivity (Wildman–Crippen MR) is 131 cm³/mol. The fourth-order valence-corrected chi connectivity index (χ4v) is 4.78. The molecule has 3 aromatic rings. The van der Waals surface area contributed by atoms with Crippen LogP contribution in [-0.4, -0.2) is 40.8 Å². The number of aromatic nitrogens is 1. The zero-order valence-corrected chi connectivity index (χ0v) is 19.6. The number of rotatable bonds is 4. The van der Waals surface area contributed by atoms with Crippen molar-refractivity contribution < 1.29 is 19.1 Å². The first-order valence-corrected chi connectivity index (χ1v) is 11.9. The molecule has 0 radical (unpaired) electrons. The van der Waals surface area contributed by atoms with E-state index in [0.717, 1.165) is 29.7 Å². The maximum absolute atomic E-state index is 13.4. The number of aryl methyl sites for hydroxylation is 1. The number of ether oxygens (including phenoxy) is 1. The summed E-state index contributed by atoms with van der Waals surface area (Å²) in [7, 11) is 0. The van der Waals surface area contributed by atoms with Crippen LogP contribution < -0.4 is 5.32 Å². The van der Waals surface area contributed by atoms with Crippen LogP contribution in [0.15, 0.2) is 66.7 Å². The first-order valence-electron chi connectivity index (χ1n) is 11.9. The zero-order valence-electron chi connectivity index (χ0n) is 19.6. The zero-order chi connectivity index (χ0) is 24.4. The molecule has 2 aliphatic rings. The van der Waals surface area contributed by atoms with Crippen LogP contribution in [0.3, 0.4) is 0 Å². The highest BCUT2D eigenvalue weighted by Gasteiger charge is 2.31. The smallest absolute Gasteiger partial charge is 0.339 e. The van der Waals surface area contributed by atoms with Crippen molar-refractivity contribution in [3.05, 3.63) is 94.7 Å². The van der Waals surface area contributed by atoms with Crippen LogP contribution in [0.2, 0.25) is 0 Å². The van der Waals surface area contributed by atoms with Crippen molar-refractivity contribution in [2.75, 3.05) is 18.4 Å². The van der Waals surface area contributed by atoms with E-state index in [4.69, 9.17) is 4.74 Å². The highest BCUT2D eigenvalue weighted by molar-refractivity contribution is 5.98. The molecule has 1 saturated heterocycles. The number of amides is 2. The molecule has 2 aliphatic heterocycles. The van der Waals surface area contributed by atoms with Gasteiger partial charge < -0.3 is 15.0 Å². The van der Waals surface area contributed by atoms with Gasteiger partial charge in [0.2, 0.25) is 5.91 Å². The number of fused-ring (bicyclic) bond motifs is 1. The highest BCUT2D eigenvalue weighted by Crippen LogP contribution is 2.31. The predicted octanol–water partition coefficient (Wildman–Crippen LogP) is 4.34. The summed E-state index contributed by atoms with van der Waals surface area (Å²) in [5.41, 5.74) is 3.57. The minimum atomic E-state index is -0.376. The fourth-order valence-electron chi connectivity index (χ4n) is 4.78. The van der Waals surface area contributed by atoms with Crippen LogP contribution in [0.25, 0.3) is 0 Å². The third kappa shape index (κ3) is 4.94. The lowest BCUT2D eigenvalue weighted by atomic mass is 9.92. The highest BCUT2D eigenvalue weighted by atomic mass is 16.5. The Balaban J connectivity index is 1.29. The molecule has 7 heteroatoms. The van der Waals surface area contributed by atoms with Crippen LogP contribution in [-0.2, 0) is 16.0 Å². The van der Waals surface area contributed by atoms with E-state index < -0.39 is 0 Å². The van der Waals surface area contributed by atoms with Crippen molar-refractivity contribution in [1.29, 1.82) is 0 Å². The van der Waals surface area contributed by atoms with Crippen molar-refractivity contribution >= 4 is 23.6 Å². The minimum absolute atomic E-state index is 0.125. The van der Waals surface area contributed by atoms with E-state index in [1.165, 1.54) is 0 Å². The second kappa shape index (κ2) is 9.70. The monoisotopic (exact) mass is 469 g/mol. The average molecular weight is 470 g/mol. The summed E-state index contributed by atoms with van der Waals surface area (Å²) in [6.45, 7) is 2.82. The molecule has 0 aliphatic carbocycles. The molecule has 1 fully saturated rings. The van der Waals surface area contributed by atoms with Gasteiger partial charge in [-0.15, -0.1) is 0 Å². The Labute approximate surface area is 204 Å². The van der Waals surface area contributed by atoms with E-state index in [1.807, 2.05) is 49.4 Å². The number of carbonyl (C=O) groups is 3. The number of carbonyl (C=O) groups excluding carboxylic acids is 3. The van der Waals surface area contributed by atoms with E-state index in [-0.39, 0.29) is 29.8 Å². The molecule has 1 aromatic heterocycles. The number of hydrogen-bond donors (Lipinski definition) is 1. The lowest BCUT2D eigenvalue weighted by Crippen LogP contribution is -2.44. The number of benzene rings is 2. The third-order valence-electron chi connectivity index (χ3n) is 6.62. The number of esters is 1. The van der Waals surface area contributed by atoms with Crippen LogP contribution in [0.1, 0.15) is 56.5 Å². The van der Waals surface area contributed by atoms with Crippen LogP contribution in [0.4, 0.5) is 5.82 Å². The topological polar surface area (TPSA) is 88.6 Å². The maximum Gasteiger partial charge on any atom is 0.339 e. The minimum Gasteiger partial charge on any atom is -0.454 e. The molecule has 0 spiro atoms. The Morgan fingerprint density at radius 3 is 2.69 bits per heavy atom. The van der Waals surface area contributed by atoms with Crippen LogP contribution in [0, 0.1) is 12.8 Å². The van der Waals surface area contributed by atoms with Gasteiger partial charge in [-0.3, -0.25) is 9.59 Å². The standard InChI is InChI=1S/C28H27N3O4/c1-18-7-5-11-25(29-18)30-26(32)21-10-6-14-31(17-21)27(33)20-12-13-23-22(15-20)16-24(35-28(23)34)19-8-3-2-4-9-19/h2-5,7-9,11-13,15,21,24H,6,10,14,16-17H2,1H3,(H,29,30,32). The Bertz CT molecular complexity index is 1270. The van der Waals surface area contributed by atoms with Gasteiger partial charge >= 0.3 is 5.97 Å². The number of piperidine rings is 1. The summed E-state index contributed by atoms with van der Waals surface area (Å²) in [5, 5.41) is 2.88. The average Bonchev–Trinajstić information content (AvgIpc) is 2.88. The first kappa shape index (κ1) is 22.8. The van der Waals surface area contributed by atoms with E-state index >= 15 is 0 Å². The van der Waals surface area contributed by atoms with Crippen molar-refractivity contribution in [2.24, 2.45) is 5.92 Å². The lowest BCUT2D eigenvalue weighted by Gasteiger charge is -2.32. The van der Waals surface area contributed by atoms with E-state index in [0.29, 0.717) is 36.5 Å². The molecule has 1 N–H and O–H groups in total. The number of anilines is 1. The van der Waals surface area contributed by atoms with Crippen LogP contribution in [0.5, 0.6) is 0 Å². The summed E-state index contributed by atoms with van der Waals surface area (Å²) in [4.78, 5) is 44.8. The van der Waals surface area contributed by atoms with E-state index in [2.05, 4.69) is 10.3 Å². The largest absolute Gasteiger partial charge is 0.454 e. The van der Waals surface area contributed by atoms with Crippen LogP contribution >= 0.6 is 0 Å². The maximum atomic E-state index is 13.4. The van der Waals surface area contributed by atoms with E-state index in [1.54, 1.807) is 29.2 Å². The van der Waals surface area contributed by atoms with Gasteiger partial charge in [-0.2, -0.15) is 0 Å². The molecule has 3 heterocycles. The number of nitrogens with zero attached hydrogens (tertiary/aromatic N) is 2. The number of pyridine rings is 1. The van der Waals surface area contributed by atoms with Gasteiger partial charge in [-0.1, -0.05) is 36.4 Å². The van der Waals surface area contributed by atoms with Gasteiger partial charge in [-0.05, 0) is 61.2 Å². The van der Waals surface area contributed by atoms with Gasteiger partial charge in [-0.25, -0.2) is 9.78 Å².